The van der Waals surface area contributed by atoms with Gasteiger partial charge in [0.15, 0.2) is 0 Å². The zero-order valence-electron chi connectivity index (χ0n) is 6.73. The smallest absolute Gasteiger partial charge is 0.294 e. The molecule has 2 N–H and O–H groups in total. The van der Waals surface area contributed by atoms with Gasteiger partial charge in [0.25, 0.3) is 5.92 Å². The molecule has 0 heterocycles. The van der Waals surface area contributed by atoms with Crippen molar-refractivity contribution in [2.24, 2.45) is 0 Å². The Hall–Kier alpha value is -1.45. The molecule has 0 atom stereocenters. The molecule has 1 aromatic rings. The summed E-state index contributed by atoms with van der Waals surface area (Å²) in [5, 5.41) is 0. The van der Waals surface area contributed by atoms with Gasteiger partial charge in [-0.3, -0.25) is 0 Å². The van der Waals surface area contributed by atoms with E-state index in [1.807, 2.05) is 0 Å². The molecule has 0 aliphatic carbocycles. The quantitative estimate of drug-likeness (QED) is 0.559. The molecular weight excluding hydrogens is 179 g/mol. The van der Waals surface area contributed by atoms with E-state index < -0.39 is 17.3 Å². The third-order valence-corrected chi connectivity index (χ3v) is 1.61. The van der Waals surface area contributed by atoms with Crippen LogP contribution in [0.5, 0.6) is 0 Å². The van der Waals surface area contributed by atoms with Crippen molar-refractivity contribution in [3.8, 4) is 0 Å². The molecule has 0 spiro atoms. The molecular formula is C9H8F3N. The van der Waals surface area contributed by atoms with Crippen LogP contribution in [0, 0.1) is 5.82 Å². The summed E-state index contributed by atoms with van der Waals surface area (Å²) in [6, 6.07) is 3.02. The number of nitrogens with two attached hydrogens (primary N) is 1. The molecule has 0 bridgehead atoms. The van der Waals surface area contributed by atoms with Gasteiger partial charge in [-0.15, -0.1) is 0 Å². The minimum atomic E-state index is -3.38. The van der Waals surface area contributed by atoms with Gasteiger partial charge in [0.05, 0.1) is 5.56 Å². The highest BCUT2D eigenvalue weighted by Gasteiger charge is 2.30. The molecule has 0 fully saturated rings. The lowest BCUT2D eigenvalue weighted by Crippen LogP contribution is -2.11. The lowest BCUT2D eigenvalue weighted by molar-refractivity contribution is 0.0486. The number of rotatable bonds is 2. The molecule has 0 saturated carbocycles. The summed E-state index contributed by atoms with van der Waals surface area (Å²) < 4.78 is 38.7. The topological polar surface area (TPSA) is 26.0 Å². The summed E-state index contributed by atoms with van der Waals surface area (Å²) in [6.45, 7) is 2.92. The Kier molecular flexibility index (Phi) is 2.32. The first kappa shape index (κ1) is 9.64. The van der Waals surface area contributed by atoms with E-state index in [1.165, 1.54) is 6.07 Å². The Labute approximate surface area is 73.7 Å². The fraction of sp³-hybridized carbons (Fsp3) is 0.111. The third-order valence-electron chi connectivity index (χ3n) is 1.61. The van der Waals surface area contributed by atoms with Crippen LogP contribution in [0.3, 0.4) is 0 Å². The highest BCUT2D eigenvalue weighted by molar-refractivity contribution is 5.43. The number of allylic oxidation sites excluding steroid dienone is 1. The molecule has 1 nitrogen and oxygen atoms in total. The molecule has 0 radical (unpaired) electrons. The van der Waals surface area contributed by atoms with Crippen LogP contribution in [-0.4, -0.2) is 0 Å². The second-order valence-electron chi connectivity index (χ2n) is 2.57. The standard InChI is InChI=1S/C9H8F3N/c1-2-9(11,12)7-5-6(13)3-4-8(7)10/h2-5H,1,13H2. The molecule has 13 heavy (non-hydrogen) atoms. The van der Waals surface area contributed by atoms with Crippen LogP contribution in [0.25, 0.3) is 0 Å². The maximum atomic E-state index is 12.9. The average Bonchev–Trinajstić information content (AvgIpc) is 2.09. The molecule has 0 aromatic heterocycles. The summed E-state index contributed by atoms with van der Waals surface area (Å²) >= 11 is 0. The van der Waals surface area contributed by atoms with Gasteiger partial charge in [-0.05, 0) is 24.3 Å². The number of hydrogen-bond acceptors (Lipinski definition) is 1. The Morgan fingerprint density at radius 1 is 1.38 bits per heavy atom. The molecule has 4 heteroatoms. The lowest BCUT2D eigenvalue weighted by Gasteiger charge is -2.12. The first-order chi connectivity index (χ1) is 5.97. The molecule has 70 valence electrons. The average molecular weight is 187 g/mol. The van der Waals surface area contributed by atoms with Crippen LogP contribution in [0.1, 0.15) is 5.56 Å². The van der Waals surface area contributed by atoms with Gasteiger partial charge in [-0.2, -0.15) is 8.78 Å². The second kappa shape index (κ2) is 3.12. The summed E-state index contributed by atoms with van der Waals surface area (Å²) in [7, 11) is 0. The number of alkyl halides is 2. The van der Waals surface area contributed by atoms with Gasteiger partial charge >= 0.3 is 0 Å². The van der Waals surface area contributed by atoms with Crippen molar-refractivity contribution in [2.75, 3.05) is 5.73 Å². The molecule has 0 amide bonds. The zero-order chi connectivity index (χ0) is 10.1. The van der Waals surface area contributed by atoms with Crippen molar-refractivity contribution >= 4 is 5.69 Å². The maximum Gasteiger partial charge on any atom is 0.294 e. The second-order valence-corrected chi connectivity index (χ2v) is 2.57. The highest BCUT2D eigenvalue weighted by atomic mass is 19.3. The van der Waals surface area contributed by atoms with E-state index in [0.29, 0.717) is 6.08 Å². The fourth-order valence-corrected chi connectivity index (χ4v) is 0.908. The zero-order valence-corrected chi connectivity index (χ0v) is 6.73. The van der Waals surface area contributed by atoms with E-state index in [2.05, 4.69) is 6.58 Å². The van der Waals surface area contributed by atoms with Gasteiger partial charge in [0.1, 0.15) is 5.82 Å². The van der Waals surface area contributed by atoms with Crippen LogP contribution in [-0.2, 0) is 5.92 Å². The Bertz CT molecular complexity index is 334. The van der Waals surface area contributed by atoms with Gasteiger partial charge in [-0.1, -0.05) is 6.58 Å². The Morgan fingerprint density at radius 3 is 2.54 bits per heavy atom. The van der Waals surface area contributed by atoms with Gasteiger partial charge in [0, 0.05) is 5.69 Å². The van der Waals surface area contributed by atoms with Gasteiger partial charge < -0.3 is 5.73 Å². The number of nitrogen functional groups attached to an aromatic ring is 1. The van der Waals surface area contributed by atoms with Crippen LogP contribution in [0.15, 0.2) is 30.9 Å². The Morgan fingerprint density at radius 2 is 2.00 bits per heavy atom. The van der Waals surface area contributed by atoms with Crippen LogP contribution >= 0.6 is 0 Å². The van der Waals surface area contributed by atoms with E-state index in [1.54, 1.807) is 0 Å². The minimum Gasteiger partial charge on any atom is -0.399 e. The molecule has 0 saturated heterocycles. The number of benzene rings is 1. The van der Waals surface area contributed by atoms with Crippen molar-refractivity contribution < 1.29 is 13.2 Å². The SMILES string of the molecule is C=CC(F)(F)c1cc(N)ccc1F. The fourth-order valence-electron chi connectivity index (χ4n) is 0.908. The Balaban J connectivity index is 3.28. The van der Waals surface area contributed by atoms with Crippen molar-refractivity contribution in [3.63, 3.8) is 0 Å². The normalized spacial score (nSPS) is 11.3. The molecule has 0 aliphatic heterocycles. The highest BCUT2D eigenvalue weighted by Crippen LogP contribution is 2.31. The van der Waals surface area contributed by atoms with Crippen LogP contribution in [0.4, 0.5) is 18.9 Å². The maximum absolute atomic E-state index is 12.9. The van der Waals surface area contributed by atoms with E-state index in [9.17, 15) is 13.2 Å². The van der Waals surface area contributed by atoms with E-state index in [-0.39, 0.29) is 5.69 Å². The van der Waals surface area contributed by atoms with Gasteiger partial charge in [-0.25, -0.2) is 4.39 Å². The summed E-state index contributed by atoms with van der Waals surface area (Å²) in [5.41, 5.74) is 4.59. The largest absolute Gasteiger partial charge is 0.399 e. The molecule has 0 unspecified atom stereocenters. The van der Waals surface area contributed by atoms with Crippen molar-refractivity contribution in [3.05, 3.63) is 42.2 Å². The predicted molar refractivity (Wildman–Crippen MR) is 44.9 cm³/mol. The lowest BCUT2D eigenvalue weighted by atomic mass is 10.1. The summed E-state index contributed by atoms with van der Waals surface area (Å²) in [4.78, 5) is 0. The number of hydrogen-bond donors (Lipinski definition) is 1. The van der Waals surface area contributed by atoms with Crippen molar-refractivity contribution in [1.82, 2.24) is 0 Å². The van der Waals surface area contributed by atoms with Crippen LogP contribution in [0.2, 0.25) is 0 Å². The van der Waals surface area contributed by atoms with Crippen molar-refractivity contribution in [1.29, 1.82) is 0 Å². The number of anilines is 1. The monoisotopic (exact) mass is 187 g/mol. The van der Waals surface area contributed by atoms with Crippen LogP contribution < -0.4 is 5.73 Å². The van der Waals surface area contributed by atoms with E-state index in [4.69, 9.17) is 5.73 Å². The third kappa shape index (κ3) is 1.83. The molecule has 0 aliphatic rings. The van der Waals surface area contributed by atoms with Gasteiger partial charge in [0.2, 0.25) is 0 Å². The predicted octanol–water partition coefficient (Wildman–Crippen LogP) is 2.69. The first-order valence-electron chi connectivity index (χ1n) is 3.54. The number of halogens is 3. The molecule has 1 rings (SSSR count). The van der Waals surface area contributed by atoms with E-state index in [0.717, 1.165) is 12.1 Å². The van der Waals surface area contributed by atoms with Crippen molar-refractivity contribution in [2.45, 2.75) is 5.92 Å². The van der Waals surface area contributed by atoms with E-state index >= 15 is 0 Å². The minimum absolute atomic E-state index is 0.0953. The molecule has 1 aromatic carbocycles. The summed E-state index contributed by atoms with van der Waals surface area (Å²) in [5.74, 6) is -4.36. The summed E-state index contributed by atoms with van der Waals surface area (Å²) in [6.07, 6.45) is 0.380. The first-order valence-corrected chi connectivity index (χ1v) is 3.54.